The minimum absolute atomic E-state index is 0.0521. The summed E-state index contributed by atoms with van der Waals surface area (Å²) in [6.07, 6.45) is 5.00. The van der Waals surface area contributed by atoms with E-state index in [1.165, 1.54) is 23.3 Å². The van der Waals surface area contributed by atoms with Crippen molar-refractivity contribution in [2.45, 2.75) is 50.5 Å². The van der Waals surface area contributed by atoms with E-state index >= 15 is 0 Å². The lowest BCUT2D eigenvalue weighted by Crippen LogP contribution is -2.47. The molecule has 0 radical (unpaired) electrons. The molecular formula is C18H31N5O3S. The van der Waals surface area contributed by atoms with Crippen LogP contribution in [0.4, 0.5) is 0 Å². The van der Waals surface area contributed by atoms with Gasteiger partial charge in [0, 0.05) is 38.6 Å². The van der Waals surface area contributed by atoms with Crippen LogP contribution >= 0.6 is 0 Å². The highest BCUT2D eigenvalue weighted by Gasteiger charge is 2.34. The van der Waals surface area contributed by atoms with E-state index in [0.717, 1.165) is 19.6 Å². The Hall–Kier alpha value is -1.45. The molecule has 1 N–H and O–H groups in total. The average Bonchev–Trinajstić information content (AvgIpc) is 3.25. The van der Waals surface area contributed by atoms with Gasteiger partial charge in [0.2, 0.25) is 15.9 Å². The molecule has 0 bridgehead atoms. The Morgan fingerprint density at radius 1 is 1.26 bits per heavy atom. The molecule has 0 aromatic carbocycles. The molecule has 8 nitrogen and oxygen atoms in total. The van der Waals surface area contributed by atoms with Crippen LogP contribution in [0.2, 0.25) is 0 Å². The molecule has 27 heavy (non-hydrogen) atoms. The number of aromatic nitrogens is 2. The van der Waals surface area contributed by atoms with Gasteiger partial charge in [0.15, 0.2) is 0 Å². The van der Waals surface area contributed by atoms with Gasteiger partial charge in [0.05, 0.1) is 11.9 Å². The first-order valence-corrected chi connectivity index (χ1v) is 11.2. The van der Waals surface area contributed by atoms with Crippen molar-refractivity contribution in [2.75, 3.05) is 32.7 Å². The number of aryl methyl sites for hydroxylation is 1. The number of hydrogen-bond donors (Lipinski definition) is 1. The fourth-order valence-electron chi connectivity index (χ4n) is 3.99. The van der Waals surface area contributed by atoms with Crippen LogP contribution in [0.5, 0.6) is 0 Å². The van der Waals surface area contributed by atoms with Crippen molar-refractivity contribution in [1.29, 1.82) is 0 Å². The maximum Gasteiger partial charge on any atom is 0.246 e. The number of hydrogen-bond acceptors (Lipinski definition) is 5. The van der Waals surface area contributed by atoms with Gasteiger partial charge in [0.25, 0.3) is 0 Å². The summed E-state index contributed by atoms with van der Waals surface area (Å²) in [5.74, 6) is -0.0659. The van der Waals surface area contributed by atoms with Crippen LogP contribution in [-0.4, -0.2) is 72.1 Å². The lowest BCUT2D eigenvalue weighted by molar-refractivity contribution is -0.126. The monoisotopic (exact) mass is 397 g/mol. The van der Waals surface area contributed by atoms with Gasteiger partial charge in [-0.25, -0.2) is 8.42 Å². The minimum Gasteiger partial charge on any atom is -0.352 e. The zero-order valence-corrected chi connectivity index (χ0v) is 17.3. The Kier molecular flexibility index (Phi) is 6.22. The lowest BCUT2D eigenvalue weighted by atomic mass is 9.97. The number of amides is 1. The Morgan fingerprint density at radius 3 is 2.44 bits per heavy atom. The molecule has 152 valence electrons. The highest BCUT2D eigenvalue weighted by atomic mass is 32.2. The van der Waals surface area contributed by atoms with Crippen molar-refractivity contribution in [1.82, 2.24) is 24.3 Å². The van der Waals surface area contributed by atoms with E-state index in [1.54, 1.807) is 18.7 Å². The maximum atomic E-state index is 12.8. The molecule has 1 aromatic rings. The number of carbonyl (C=O) groups is 1. The van der Waals surface area contributed by atoms with Crippen LogP contribution in [0.25, 0.3) is 0 Å². The van der Waals surface area contributed by atoms with Gasteiger partial charge >= 0.3 is 0 Å². The number of nitrogens with one attached hydrogen (secondary N) is 1. The molecular weight excluding hydrogens is 366 g/mol. The molecule has 3 rings (SSSR count). The van der Waals surface area contributed by atoms with Gasteiger partial charge in [-0.1, -0.05) is 0 Å². The van der Waals surface area contributed by atoms with Gasteiger partial charge < -0.3 is 10.2 Å². The van der Waals surface area contributed by atoms with E-state index in [-0.39, 0.29) is 22.8 Å². The third-order valence-electron chi connectivity index (χ3n) is 5.75. The molecule has 1 unspecified atom stereocenters. The zero-order valence-electron chi connectivity index (χ0n) is 16.5. The standard InChI is InChI=1S/C18H31N5O3S/c1-14(13-22-8-4-5-9-22)20-18(24)16-6-10-23(11-7-16)27(25,26)17-12-19-21(3)15(17)2/h12,14,16H,4-11,13H2,1-3H3,(H,20,24). The predicted molar refractivity (Wildman–Crippen MR) is 103 cm³/mol. The first-order valence-electron chi connectivity index (χ1n) is 9.80. The van der Waals surface area contributed by atoms with Gasteiger partial charge in [-0.05, 0) is 52.6 Å². The molecule has 1 atom stereocenters. The normalized spacial score (nSPS) is 21.4. The van der Waals surface area contributed by atoms with E-state index in [4.69, 9.17) is 0 Å². The predicted octanol–water partition coefficient (Wildman–Crippen LogP) is 0.730. The summed E-state index contributed by atoms with van der Waals surface area (Å²) < 4.78 is 28.7. The average molecular weight is 398 g/mol. The van der Waals surface area contributed by atoms with Gasteiger partial charge in [-0.2, -0.15) is 9.40 Å². The summed E-state index contributed by atoms with van der Waals surface area (Å²) in [6.45, 7) is 7.65. The Labute approximate surface area is 161 Å². The van der Waals surface area contributed by atoms with E-state index in [0.29, 0.717) is 31.6 Å². The Bertz CT molecular complexity index is 762. The van der Waals surface area contributed by atoms with Crippen LogP contribution < -0.4 is 5.32 Å². The van der Waals surface area contributed by atoms with Gasteiger partial charge in [-0.15, -0.1) is 0 Å². The van der Waals surface area contributed by atoms with Crippen LogP contribution in [0.15, 0.2) is 11.1 Å². The largest absolute Gasteiger partial charge is 0.352 e. The SMILES string of the molecule is Cc1c(S(=O)(=O)N2CCC(C(=O)NC(C)CN3CCCC3)CC2)cnn1C. The second kappa shape index (κ2) is 8.28. The van der Waals surface area contributed by atoms with E-state index in [1.807, 2.05) is 6.92 Å². The Morgan fingerprint density at radius 2 is 1.89 bits per heavy atom. The molecule has 2 aliphatic rings. The van der Waals surface area contributed by atoms with E-state index in [2.05, 4.69) is 15.3 Å². The van der Waals surface area contributed by atoms with Crippen molar-refractivity contribution in [2.24, 2.45) is 13.0 Å². The van der Waals surface area contributed by atoms with Gasteiger partial charge in [-0.3, -0.25) is 9.48 Å². The van der Waals surface area contributed by atoms with E-state index in [9.17, 15) is 13.2 Å². The summed E-state index contributed by atoms with van der Waals surface area (Å²) in [5.41, 5.74) is 0.630. The first-order chi connectivity index (χ1) is 12.8. The summed E-state index contributed by atoms with van der Waals surface area (Å²) in [5, 5.41) is 7.15. The lowest BCUT2D eigenvalue weighted by Gasteiger charge is -2.31. The number of nitrogens with zero attached hydrogens (tertiary/aromatic N) is 4. The first kappa shape index (κ1) is 20.3. The van der Waals surface area contributed by atoms with Crippen LogP contribution in [0.1, 0.15) is 38.3 Å². The second-order valence-corrected chi connectivity index (χ2v) is 9.72. The fourth-order valence-corrected chi connectivity index (χ4v) is 5.64. The third kappa shape index (κ3) is 4.52. The summed E-state index contributed by atoms with van der Waals surface area (Å²) in [4.78, 5) is 15.2. The molecule has 2 aliphatic heterocycles. The molecule has 1 aromatic heterocycles. The number of likely N-dealkylation sites (tertiary alicyclic amines) is 1. The van der Waals surface area contributed by atoms with Crippen molar-refractivity contribution in [3.8, 4) is 0 Å². The molecule has 3 heterocycles. The quantitative estimate of drug-likeness (QED) is 0.765. The topological polar surface area (TPSA) is 87.5 Å². The number of sulfonamides is 1. The summed E-state index contributed by atoms with van der Waals surface area (Å²) in [7, 11) is -1.82. The highest BCUT2D eigenvalue weighted by molar-refractivity contribution is 7.89. The van der Waals surface area contributed by atoms with Crippen molar-refractivity contribution < 1.29 is 13.2 Å². The van der Waals surface area contributed by atoms with Crippen molar-refractivity contribution in [3.63, 3.8) is 0 Å². The molecule has 2 fully saturated rings. The minimum atomic E-state index is -3.55. The molecule has 0 aliphatic carbocycles. The molecule has 1 amide bonds. The third-order valence-corrected chi connectivity index (χ3v) is 7.75. The van der Waals surface area contributed by atoms with E-state index < -0.39 is 10.0 Å². The maximum absolute atomic E-state index is 12.8. The molecule has 9 heteroatoms. The molecule has 0 spiro atoms. The number of carbonyl (C=O) groups excluding carboxylic acids is 1. The zero-order chi connectivity index (χ0) is 19.6. The van der Waals surface area contributed by atoms with Gasteiger partial charge in [0.1, 0.15) is 4.90 Å². The second-order valence-electron chi connectivity index (χ2n) is 7.81. The van der Waals surface area contributed by atoms with Crippen LogP contribution in [0.3, 0.4) is 0 Å². The van der Waals surface area contributed by atoms with Crippen molar-refractivity contribution in [3.05, 3.63) is 11.9 Å². The molecule has 2 saturated heterocycles. The smallest absolute Gasteiger partial charge is 0.246 e. The number of rotatable bonds is 6. The fraction of sp³-hybridized carbons (Fsp3) is 0.778. The van der Waals surface area contributed by atoms with Crippen LogP contribution in [0, 0.1) is 12.8 Å². The Balaban J connectivity index is 1.52. The molecule has 0 saturated carbocycles. The highest BCUT2D eigenvalue weighted by Crippen LogP contribution is 2.25. The summed E-state index contributed by atoms with van der Waals surface area (Å²) in [6, 6.07) is 0.121. The van der Waals surface area contributed by atoms with Crippen LogP contribution in [-0.2, 0) is 21.9 Å². The summed E-state index contributed by atoms with van der Waals surface area (Å²) >= 11 is 0. The van der Waals surface area contributed by atoms with Crippen molar-refractivity contribution >= 4 is 15.9 Å². The number of piperidine rings is 1.